The number of carbonyl (C=O) groups excluding carboxylic acids is 1. The van der Waals surface area contributed by atoms with Crippen LogP contribution in [0.3, 0.4) is 0 Å². The SMILES string of the molecule is CCCCCCCCCCCCCCCCCC(=O)OCC(CCCC)CC(CCCC)CCCCCC. The highest BCUT2D eigenvalue weighted by atomic mass is 16.5. The van der Waals surface area contributed by atoms with Crippen LogP contribution in [0.25, 0.3) is 0 Å². The van der Waals surface area contributed by atoms with Crippen molar-refractivity contribution in [2.75, 3.05) is 6.61 Å². The van der Waals surface area contributed by atoms with E-state index >= 15 is 0 Å². The fraction of sp³-hybridized carbons (Fsp3) is 0.972. The van der Waals surface area contributed by atoms with E-state index in [4.69, 9.17) is 4.74 Å². The molecule has 0 aromatic carbocycles. The van der Waals surface area contributed by atoms with Crippen LogP contribution in [0.4, 0.5) is 0 Å². The highest BCUT2D eigenvalue weighted by Gasteiger charge is 2.18. The molecule has 2 nitrogen and oxygen atoms in total. The Morgan fingerprint density at radius 2 is 0.816 bits per heavy atom. The molecule has 0 fully saturated rings. The summed E-state index contributed by atoms with van der Waals surface area (Å²) in [5, 5.41) is 0. The first-order valence-electron chi connectivity index (χ1n) is 17.8. The Morgan fingerprint density at radius 1 is 0.447 bits per heavy atom. The average molecular weight is 537 g/mol. The summed E-state index contributed by atoms with van der Waals surface area (Å²) in [7, 11) is 0. The molecular formula is C36H72O2. The van der Waals surface area contributed by atoms with E-state index in [0.29, 0.717) is 18.9 Å². The van der Waals surface area contributed by atoms with Gasteiger partial charge in [-0.1, -0.05) is 182 Å². The van der Waals surface area contributed by atoms with Gasteiger partial charge in [0.1, 0.15) is 0 Å². The number of unbranched alkanes of at least 4 members (excludes halogenated alkanes) is 19. The fourth-order valence-corrected chi connectivity index (χ4v) is 5.89. The van der Waals surface area contributed by atoms with Gasteiger partial charge in [-0.15, -0.1) is 0 Å². The molecule has 2 unspecified atom stereocenters. The topological polar surface area (TPSA) is 26.3 Å². The number of carbonyl (C=O) groups is 1. The third-order valence-electron chi connectivity index (χ3n) is 8.53. The van der Waals surface area contributed by atoms with Gasteiger partial charge in [-0.3, -0.25) is 4.79 Å². The first-order chi connectivity index (χ1) is 18.7. The lowest BCUT2D eigenvalue weighted by atomic mass is 9.85. The maximum atomic E-state index is 12.4. The molecular weight excluding hydrogens is 464 g/mol. The summed E-state index contributed by atoms with van der Waals surface area (Å²) < 4.78 is 5.83. The zero-order valence-corrected chi connectivity index (χ0v) is 27.0. The number of ether oxygens (including phenoxy) is 1. The minimum absolute atomic E-state index is 0.0502. The van der Waals surface area contributed by atoms with Gasteiger partial charge < -0.3 is 4.74 Å². The predicted molar refractivity (Wildman–Crippen MR) is 170 cm³/mol. The molecule has 228 valence electrons. The van der Waals surface area contributed by atoms with Crippen molar-refractivity contribution < 1.29 is 9.53 Å². The van der Waals surface area contributed by atoms with Crippen molar-refractivity contribution in [2.45, 2.75) is 207 Å². The van der Waals surface area contributed by atoms with Gasteiger partial charge in [-0.2, -0.15) is 0 Å². The normalized spacial score (nSPS) is 13.1. The molecule has 0 saturated carbocycles. The van der Waals surface area contributed by atoms with Crippen molar-refractivity contribution in [3.8, 4) is 0 Å². The highest BCUT2D eigenvalue weighted by Crippen LogP contribution is 2.27. The second-order valence-electron chi connectivity index (χ2n) is 12.5. The van der Waals surface area contributed by atoms with Gasteiger partial charge >= 0.3 is 5.97 Å². The van der Waals surface area contributed by atoms with E-state index in [9.17, 15) is 4.79 Å². The Bertz CT molecular complexity index is 460. The molecule has 0 N–H and O–H groups in total. The summed E-state index contributed by atoms with van der Waals surface area (Å²) in [6.07, 6.45) is 36.8. The summed E-state index contributed by atoms with van der Waals surface area (Å²) in [5.41, 5.74) is 0. The quantitative estimate of drug-likeness (QED) is 0.0650. The Kier molecular flexibility index (Phi) is 30.6. The summed E-state index contributed by atoms with van der Waals surface area (Å²) in [5.74, 6) is 1.44. The van der Waals surface area contributed by atoms with Gasteiger partial charge in [-0.25, -0.2) is 0 Å². The molecule has 0 aromatic heterocycles. The van der Waals surface area contributed by atoms with Gasteiger partial charge in [0.25, 0.3) is 0 Å². The molecule has 0 rings (SSSR count). The number of esters is 1. The van der Waals surface area contributed by atoms with E-state index in [1.807, 2.05) is 0 Å². The van der Waals surface area contributed by atoms with E-state index < -0.39 is 0 Å². The predicted octanol–water partition coefficient (Wildman–Crippen LogP) is 12.8. The molecule has 0 bridgehead atoms. The lowest BCUT2D eigenvalue weighted by molar-refractivity contribution is -0.145. The van der Waals surface area contributed by atoms with Gasteiger partial charge in [0, 0.05) is 6.42 Å². The molecule has 0 aliphatic rings. The number of hydrogen-bond acceptors (Lipinski definition) is 2. The first kappa shape index (κ1) is 37.5. The van der Waals surface area contributed by atoms with Crippen LogP contribution in [0.2, 0.25) is 0 Å². The smallest absolute Gasteiger partial charge is 0.305 e. The Balaban J connectivity index is 3.91. The van der Waals surface area contributed by atoms with E-state index in [-0.39, 0.29) is 5.97 Å². The Hall–Kier alpha value is -0.530. The van der Waals surface area contributed by atoms with Crippen LogP contribution in [0.15, 0.2) is 0 Å². The van der Waals surface area contributed by atoms with Crippen LogP contribution in [0.5, 0.6) is 0 Å². The fourth-order valence-electron chi connectivity index (χ4n) is 5.89. The Morgan fingerprint density at radius 3 is 1.29 bits per heavy atom. The zero-order chi connectivity index (χ0) is 27.9. The van der Waals surface area contributed by atoms with E-state index in [2.05, 4.69) is 27.7 Å². The van der Waals surface area contributed by atoms with Crippen molar-refractivity contribution in [3.63, 3.8) is 0 Å². The summed E-state index contributed by atoms with van der Waals surface area (Å²) >= 11 is 0. The van der Waals surface area contributed by atoms with E-state index in [0.717, 1.165) is 12.3 Å². The van der Waals surface area contributed by atoms with Crippen LogP contribution >= 0.6 is 0 Å². The molecule has 0 aliphatic heterocycles. The van der Waals surface area contributed by atoms with Crippen molar-refractivity contribution in [3.05, 3.63) is 0 Å². The van der Waals surface area contributed by atoms with Crippen molar-refractivity contribution >= 4 is 5.97 Å². The minimum Gasteiger partial charge on any atom is -0.465 e. The van der Waals surface area contributed by atoms with Crippen molar-refractivity contribution in [1.29, 1.82) is 0 Å². The third-order valence-corrected chi connectivity index (χ3v) is 8.53. The van der Waals surface area contributed by atoms with Crippen LogP contribution in [-0.2, 0) is 9.53 Å². The second kappa shape index (κ2) is 31.0. The maximum Gasteiger partial charge on any atom is 0.305 e. The van der Waals surface area contributed by atoms with Crippen LogP contribution in [0, 0.1) is 11.8 Å². The molecule has 0 saturated heterocycles. The van der Waals surface area contributed by atoms with E-state index in [1.54, 1.807) is 0 Å². The second-order valence-corrected chi connectivity index (χ2v) is 12.5. The molecule has 0 aliphatic carbocycles. The molecule has 2 atom stereocenters. The van der Waals surface area contributed by atoms with Gasteiger partial charge in [0.05, 0.1) is 6.61 Å². The first-order valence-corrected chi connectivity index (χ1v) is 17.8. The van der Waals surface area contributed by atoms with Crippen molar-refractivity contribution in [2.24, 2.45) is 11.8 Å². The number of hydrogen-bond donors (Lipinski definition) is 0. The largest absolute Gasteiger partial charge is 0.465 e. The molecule has 0 aromatic rings. The molecule has 2 heteroatoms. The monoisotopic (exact) mass is 537 g/mol. The van der Waals surface area contributed by atoms with Crippen LogP contribution < -0.4 is 0 Å². The number of rotatable bonds is 31. The third kappa shape index (κ3) is 27.1. The molecule has 0 spiro atoms. The molecule has 0 heterocycles. The molecule has 0 amide bonds. The maximum absolute atomic E-state index is 12.4. The lowest BCUT2D eigenvalue weighted by Gasteiger charge is -2.24. The summed E-state index contributed by atoms with van der Waals surface area (Å²) in [6, 6.07) is 0. The summed E-state index contributed by atoms with van der Waals surface area (Å²) in [6.45, 7) is 9.83. The highest BCUT2D eigenvalue weighted by molar-refractivity contribution is 5.69. The van der Waals surface area contributed by atoms with Gasteiger partial charge in [0.15, 0.2) is 0 Å². The van der Waals surface area contributed by atoms with Crippen LogP contribution in [-0.4, -0.2) is 12.6 Å². The van der Waals surface area contributed by atoms with Crippen LogP contribution in [0.1, 0.15) is 207 Å². The van der Waals surface area contributed by atoms with Crippen molar-refractivity contribution in [1.82, 2.24) is 0 Å². The van der Waals surface area contributed by atoms with Gasteiger partial charge in [-0.05, 0) is 31.1 Å². The molecule has 38 heavy (non-hydrogen) atoms. The van der Waals surface area contributed by atoms with Gasteiger partial charge in [0.2, 0.25) is 0 Å². The average Bonchev–Trinajstić information content (AvgIpc) is 2.92. The standard InChI is InChI=1S/C36H72O2/c1-5-9-13-15-16-17-18-19-20-21-22-23-24-25-27-31-36(37)38-33-35(29-12-8-4)32-34(28-11-7-3)30-26-14-10-6-2/h34-35H,5-33H2,1-4H3. The molecule has 0 radical (unpaired) electrons. The minimum atomic E-state index is 0.0502. The summed E-state index contributed by atoms with van der Waals surface area (Å²) in [4.78, 5) is 12.4. The lowest BCUT2D eigenvalue weighted by Crippen LogP contribution is -2.18. The Labute approximate surface area is 241 Å². The zero-order valence-electron chi connectivity index (χ0n) is 27.0. The van der Waals surface area contributed by atoms with E-state index in [1.165, 1.54) is 167 Å².